The second-order valence-corrected chi connectivity index (χ2v) is 9.97. The van der Waals surface area contributed by atoms with Crippen LogP contribution in [0.3, 0.4) is 0 Å². The molecule has 9 heteroatoms. The Morgan fingerprint density at radius 2 is 1.97 bits per heavy atom. The van der Waals surface area contributed by atoms with Gasteiger partial charge < -0.3 is 0 Å². The highest BCUT2D eigenvalue weighted by Crippen LogP contribution is 2.28. The van der Waals surface area contributed by atoms with Crippen LogP contribution < -0.4 is 5.32 Å². The molecule has 1 aliphatic rings. The molecule has 3 aromatic rings. The highest BCUT2D eigenvalue weighted by molar-refractivity contribution is 7.89. The van der Waals surface area contributed by atoms with Crippen LogP contribution in [0.4, 0.5) is 9.52 Å². The molecule has 0 unspecified atom stereocenters. The number of fused-ring (bicyclic) bond motifs is 1. The van der Waals surface area contributed by atoms with E-state index in [0.717, 1.165) is 19.3 Å². The van der Waals surface area contributed by atoms with Gasteiger partial charge in [0.25, 0.3) is 5.91 Å². The minimum absolute atomic E-state index is 0.0313. The van der Waals surface area contributed by atoms with E-state index < -0.39 is 21.7 Å². The summed E-state index contributed by atoms with van der Waals surface area (Å²) in [6.45, 7) is 2.43. The molecule has 29 heavy (non-hydrogen) atoms. The fourth-order valence-corrected chi connectivity index (χ4v) is 6.06. The second kappa shape index (κ2) is 7.81. The fraction of sp³-hybridized carbons (Fsp3) is 0.300. The number of anilines is 1. The number of nitrogens with zero attached hydrogens (tertiary/aromatic N) is 2. The van der Waals surface area contributed by atoms with E-state index in [9.17, 15) is 17.6 Å². The lowest BCUT2D eigenvalue weighted by Gasteiger charge is -2.32. The number of benzene rings is 2. The van der Waals surface area contributed by atoms with Crippen molar-refractivity contribution in [2.24, 2.45) is 0 Å². The molecule has 6 nitrogen and oxygen atoms in total. The molecule has 1 atom stereocenters. The Labute approximate surface area is 172 Å². The number of rotatable bonds is 4. The highest BCUT2D eigenvalue weighted by atomic mass is 32.2. The Balaban J connectivity index is 1.52. The van der Waals surface area contributed by atoms with Crippen LogP contribution in [-0.4, -0.2) is 36.2 Å². The van der Waals surface area contributed by atoms with Crippen LogP contribution in [0.1, 0.15) is 36.5 Å². The van der Waals surface area contributed by atoms with Crippen LogP contribution in [0.2, 0.25) is 0 Å². The van der Waals surface area contributed by atoms with Gasteiger partial charge in [-0.05, 0) is 56.2 Å². The van der Waals surface area contributed by atoms with E-state index >= 15 is 0 Å². The minimum atomic E-state index is -3.58. The first-order valence-electron chi connectivity index (χ1n) is 9.34. The van der Waals surface area contributed by atoms with E-state index in [1.807, 2.05) is 6.92 Å². The van der Waals surface area contributed by atoms with Crippen LogP contribution in [-0.2, 0) is 10.0 Å². The Morgan fingerprint density at radius 3 is 2.66 bits per heavy atom. The zero-order valence-electron chi connectivity index (χ0n) is 15.8. The van der Waals surface area contributed by atoms with Crippen molar-refractivity contribution < 1.29 is 17.6 Å². The number of hydrogen-bond acceptors (Lipinski definition) is 5. The Kier molecular flexibility index (Phi) is 5.37. The summed E-state index contributed by atoms with van der Waals surface area (Å²) in [7, 11) is -3.58. The monoisotopic (exact) mass is 433 g/mol. The Hall–Kier alpha value is -2.36. The third kappa shape index (κ3) is 3.90. The van der Waals surface area contributed by atoms with Gasteiger partial charge in [-0.25, -0.2) is 17.8 Å². The SMILES string of the molecule is C[C@@H]1CCCCN1S(=O)(=O)c1ccc(C(=O)Nc2nc3c(F)cccc3s2)cc1. The first-order valence-corrected chi connectivity index (χ1v) is 11.6. The van der Waals surface area contributed by atoms with E-state index in [-0.39, 0.29) is 21.6 Å². The molecule has 4 rings (SSSR count). The lowest BCUT2D eigenvalue weighted by Crippen LogP contribution is -2.41. The van der Waals surface area contributed by atoms with Gasteiger partial charge in [0.1, 0.15) is 11.3 Å². The number of hydrogen-bond donors (Lipinski definition) is 1. The van der Waals surface area contributed by atoms with Gasteiger partial charge >= 0.3 is 0 Å². The van der Waals surface area contributed by atoms with E-state index in [1.165, 1.54) is 46.0 Å². The van der Waals surface area contributed by atoms with Crippen molar-refractivity contribution in [3.8, 4) is 0 Å². The molecule has 1 saturated heterocycles. The number of amides is 1. The van der Waals surface area contributed by atoms with Crippen molar-refractivity contribution in [1.82, 2.24) is 9.29 Å². The molecule has 0 bridgehead atoms. The molecule has 1 aromatic heterocycles. The van der Waals surface area contributed by atoms with Gasteiger partial charge in [0.15, 0.2) is 5.13 Å². The molecule has 2 heterocycles. The summed E-state index contributed by atoms with van der Waals surface area (Å²) in [6.07, 6.45) is 2.73. The molecule has 1 aliphatic heterocycles. The number of carbonyl (C=O) groups excluding carboxylic acids is 1. The van der Waals surface area contributed by atoms with Crippen LogP contribution >= 0.6 is 11.3 Å². The lowest BCUT2D eigenvalue weighted by molar-refractivity contribution is 0.102. The quantitative estimate of drug-likeness (QED) is 0.667. The third-order valence-electron chi connectivity index (χ3n) is 5.06. The van der Waals surface area contributed by atoms with Gasteiger partial charge in [0.05, 0.1) is 9.60 Å². The molecule has 0 radical (unpaired) electrons. The van der Waals surface area contributed by atoms with Gasteiger partial charge in [0.2, 0.25) is 10.0 Å². The van der Waals surface area contributed by atoms with Gasteiger partial charge in [-0.1, -0.05) is 23.8 Å². The standard InChI is InChI=1S/C20H20FN3O3S2/c1-13-5-2-3-12-24(13)29(26,27)15-10-8-14(9-11-15)19(25)23-20-22-18-16(21)6-4-7-17(18)28-20/h4,6-11,13H,2-3,5,12H2,1H3,(H,22,23,25)/t13-/m1/s1. The van der Waals surface area contributed by atoms with E-state index in [1.54, 1.807) is 12.1 Å². The summed E-state index contributed by atoms with van der Waals surface area (Å²) in [5, 5.41) is 2.93. The molecule has 152 valence electrons. The van der Waals surface area contributed by atoms with E-state index in [4.69, 9.17) is 0 Å². The zero-order valence-corrected chi connectivity index (χ0v) is 17.4. The Morgan fingerprint density at radius 1 is 1.21 bits per heavy atom. The van der Waals surface area contributed by atoms with Crippen molar-refractivity contribution in [2.75, 3.05) is 11.9 Å². The molecule has 0 saturated carbocycles. The summed E-state index contributed by atoms with van der Waals surface area (Å²) in [4.78, 5) is 16.8. The van der Waals surface area contributed by atoms with Crippen molar-refractivity contribution in [3.63, 3.8) is 0 Å². The van der Waals surface area contributed by atoms with Crippen LogP contribution in [0.5, 0.6) is 0 Å². The van der Waals surface area contributed by atoms with Crippen LogP contribution in [0.15, 0.2) is 47.4 Å². The van der Waals surface area contributed by atoms with E-state index in [0.29, 0.717) is 16.8 Å². The Bertz CT molecular complexity index is 1160. The molecule has 0 spiro atoms. The van der Waals surface area contributed by atoms with Crippen molar-refractivity contribution in [2.45, 2.75) is 37.1 Å². The summed E-state index contributed by atoms with van der Waals surface area (Å²) >= 11 is 1.18. The maximum Gasteiger partial charge on any atom is 0.257 e. The van der Waals surface area contributed by atoms with Crippen molar-refractivity contribution in [3.05, 3.63) is 53.8 Å². The number of aromatic nitrogens is 1. The van der Waals surface area contributed by atoms with Crippen LogP contribution in [0.25, 0.3) is 10.2 Å². The molecule has 1 amide bonds. The summed E-state index contributed by atoms with van der Waals surface area (Å²) in [5.41, 5.74) is 0.514. The number of nitrogens with one attached hydrogen (secondary N) is 1. The maximum atomic E-state index is 13.8. The number of halogens is 1. The van der Waals surface area contributed by atoms with Crippen LogP contribution in [0, 0.1) is 5.82 Å². The summed E-state index contributed by atoms with van der Waals surface area (Å²) < 4.78 is 41.7. The van der Waals surface area contributed by atoms with Crippen molar-refractivity contribution in [1.29, 1.82) is 0 Å². The molecule has 1 N–H and O–H groups in total. The first-order chi connectivity index (χ1) is 13.9. The zero-order chi connectivity index (χ0) is 20.6. The topological polar surface area (TPSA) is 79.4 Å². The largest absolute Gasteiger partial charge is 0.298 e. The molecule has 1 fully saturated rings. The fourth-order valence-electron chi connectivity index (χ4n) is 3.48. The first kappa shape index (κ1) is 19.9. The normalized spacial score (nSPS) is 18.1. The number of para-hydroxylation sites is 1. The average Bonchev–Trinajstić information content (AvgIpc) is 3.12. The number of sulfonamides is 1. The number of piperidine rings is 1. The van der Waals surface area contributed by atoms with E-state index in [2.05, 4.69) is 10.3 Å². The lowest BCUT2D eigenvalue weighted by atomic mass is 10.1. The summed E-state index contributed by atoms with van der Waals surface area (Å²) in [6, 6.07) is 10.5. The molecule has 2 aromatic carbocycles. The molecular formula is C20H20FN3O3S2. The highest BCUT2D eigenvalue weighted by Gasteiger charge is 2.30. The molecule has 0 aliphatic carbocycles. The molecular weight excluding hydrogens is 413 g/mol. The van der Waals surface area contributed by atoms with Gasteiger partial charge in [0, 0.05) is 18.2 Å². The third-order valence-corrected chi connectivity index (χ3v) is 8.02. The predicted molar refractivity (Wildman–Crippen MR) is 111 cm³/mol. The summed E-state index contributed by atoms with van der Waals surface area (Å²) in [5.74, 6) is -0.875. The number of carbonyl (C=O) groups is 1. The average molecular weight is 434 g/mol. The van der Waals surface area contributed by atoms with Gasteiger partial charge in [-0.3, -0.25) is 10.1 Å². The van der Waals surface area contributed by atoms with Gasteiger partial charge in [-0.2, -0.15) is 4.31 Å². The van der Waals surface area contributed by atoms with Gasteiger partial charge in [-0.15, -0.1) is 0 Å². The smallest absolute Gasteiger partial charge is 0.257 e. The second-order valence-electron chi connectivity index (χ2n) is 7.04. The maximum absolute atomic E-state index is 13.8. The predicted octanol–water partition coefficient (Wildman–Crippen LogP) is 4.25. The minimum Gasteiger partial charge on any atom is -0.298 e. The number of thiazole rings is 1. The van der Waals surface area contributed by atoms with Crippen molar-refractivity contribution >= 4 is 42.6 Å².